The summed E-state index contributed by atoms with van der Waals surface area (Å²) < 4.78 is 15.2. The highest BCUT2D eigenvalue weighted by Gasteiger charge is 2.52. The summed E-state index contributed by atoms with van der Waals surface area (Å²) in [5.74, 6) is -0.346. The van der Waals surface area contributed by atoms with Gasteiger partial charge in [0.1, 0.15) is 11.6 Å². The molecule has 120 valence electrons. The summed E-state index contributed by atoms with van der Waals surface area (Å²) in [7, 11) is 1.35. The quantitative estimate of drug-likeness (QED) is 0.757. The average Bonchev–Trinajstić information content (AvgIpc) is 2.26. The van der Waals surface area contributed by atoms with Crippen LogP contribution in [-0.2, 0) is 19.0 Å². The van der Waals surface area contributed by atoms with Crippen molar-refractivity contribution in [1.82, 2.24) is 10.2 Å². The number of methoxy groups -OCH3 is 1. The Hall–Kier alpha value is -1.34. The molecule has 7 heteroatoms. The van der Waals surface area contributed by atoms with Gasteiger partial charge < -0.3 is 19.5 Å². The molecule has 2 heterocycles. The highest BCUT2D eigenvalue weighted by Crippen LogP contribution is 2.38. The zero-order valence-electron chi connectivity index (χ0n) is 13.1. The third-order valence-corrected chi connectivity index (χ3v) is 3.65. The summed E-state index contributed by atoms with van der Waals surface area (Å²) in [5.41, 5.74) is -0.354. The molecule has 2 fully saturated rings. The van der Waals surface area contributed by atoms with Gasteiger partial charge in [0.15, 0.2) is 0 Å². The van der Waals surface area contributed by atoms with Crippen LogP contribution in [-0.4, -0.2) is 68.6 Å². The number of ether oxygens (including phenoxy) is 3. The molecule has 1 unspecified atom stereocenters. The first kappa shape index (κ1) is 16.0. The number of carbonyl (C=O) groups is 2. The van der Waals surface area contributed by atoms with Crippen LogP contribution >= 0.6 is 0 Å². The predicted molar refractivity (Wildman–Crippen MR) is 74.9 cm³/mol. The van der Waals surface area contributed by atoms with Gasteiger partial charge in [0.05, 0.1) is 20.3 Å². The first-order chi connectivity index (χ1) is 9.75. The Morgan fingerprint density at radius 3 is 2.38 bits per heavy atom. The highest BCUT2D eigenvalue weighted by atomic mass is 16.6. The van der Waals surface area contributed by atoms with Gasteiger partial charge in [0.25, 0.3) is 0 Å². The van der Waals surface area contributed by atoms with Gasteiger partial charge in [-0.05, 0) is 20.8 Å². The van der Waals surface area contributed by atoms with Crippen LogP contribution in [0.3, 0.4) is 0 Å². The number of amides is 1. The van der Waals surface area contributed by atoms with E-state index in [1.165, 1.54) is 7.11 Å². The number of alkyl carbamates (subject to hydrolysis) is 1. The lowest BCUT2D eigenvalue weighted by atomic mass is 9.77. The molecule has 1 N–H and O–H groups in total. The van der Waals surface area contributed by atoms with Gasteiger partial charge >= 0.3 is 12.1 Å². The number of hydrogen-bond donors (Lipinski definition) is 1. The maximum atomic E-state index is 11.9. The van der Waals surface area contributed by atoms with E-state index in [4.69, 9.17) is 14.2 Å². The standard InChI is InChI=1S/C14H24N2O5/c1-13(2,3)21-12(18)15-5-10(11(17)19-4)16-6-14(7-16)8-20-9-14/h10H,5-9H2,1-4H3,(H,15,18). The van der Waals surface area contributed by atoms with Gasteiger partial charge in [-0.3, -0.25) is 9.69 Å². The number of esters is 1. The summed E-state index contributed by atoms with van der Waals surface area (Å²) in [6.45, 7) is 8.64. The molecule has 0 saturated carbocycles. The lowest BCUT2D eigenvalue weighted by Crippen LogP contribution is -2.70. The number of nitrogens with zero attached hydrogens (tertiary/aromatic N) is 1. The van der Waals surface area contributed by atoms with Crippen molar-refractivity contribution >= 4 is 12.1 Å². The second-order valence-corrected chi connectivity index (χ2v) is 6.82. The van der Waals surface area contributed by atoms with Crippen molar-refractivity contribution in [2.45, 2.75) is 32.4 Å². The zero-order valence-corrected chi connectivity index (χ0v) is 13.1. The molecule has 0 radical (unpaired) electrons. The minimum absolute atomic E-state index is 0.179. The van der Waals surface area contributed by atoms with Crippen molar-refractivity contribution < 1.29 is 23.8 Å². The summed E-state index contributed by atoms with van der Waals surface area (Å²) >= 11 is 0. The van der Waals surface area contributed by atoms with Crippen LogP contribution in [0.5, 0.6) is 0 Å². The van der Waals surface area contributed by atoms with Crippen molar-refractivity contribution in [3.05, 3.63) is 0 Å². The molecule has 2 aliphatic rings. The fourth-order valence-corrected chi connectivity index (χ4v) is 2.60. The molecule has 0 bridgehead atoms. The van der Waals surface area contributed by atoms with Crippen LogP contribution in [0.4, 0.5) is 4.79 Å². The molecule has 0 aliphatic carbocycles. The molecule has 0 aromatic heterocycles. The number of likely N-dealkylation sites (tertiary alicyclic amines) is 1. The number of nitrogens with one attached hydrogen (secondary N) is 1. The topological polar surface area (TPSA) is 77.1 Å². The number of hydrogen-bond acceptors (Lipinski definition) is 6. The molecular weight excluding hydrogens is 276 g/mol. The number of rotatable bonds is 4. The van der Waals surface area contributed by atoms with E-state index in [-0.39, 0.29) is 17.9 Å². The first-order valence-electron chi connectivity index (χ1n) is 7.11. The van der Waals surface area contributed by atoms with E-state index in [9.17, 15) is 9.59 Å². The van der Waals surface area contributed by atoms with Crippen molar-refractivity contribution in [3.63, 3.8) is 0 Å². The SMILES string of the molecule is COC(=O)C(CNC(=O)OC(C)(C)C)N1CC2(COC2)C1. The molecule has 2 aliphatic heterocycles. The van der Waals surface area contributed by atoms with Crippen LogP contribution in [0, 0.1) is 5.41 Å². The fourth-order valence-electron chi connectivity index (χ4n) is 2.60. The summed E-state index contributed by atoms with van der Waals surface area (Å²) in [6, 6.07) is -0.478. The van der Waals surface area contributed by atoms with Crippen LogP contribution in [0.25, 0.3) is 0 Å². The minimum Gasteiger partial charge on any atom is -0.468 e. The smallest absolute Gasteiger partial charge is 0.407 e. The maximum absolute atomic E-state index is 11.9. The van der Waals surface area contributed by atoms with E-state index >= 15 is 0 Å². The molecule has 0 aromatic rings. The Kier molecular flexibility index (Phi) is 4.43. The normalized spacial score (nSPS) is 21.9. The van der Waals surface area contributed by atoms with E-state index in [1.54, 1.807) is 20.8 Å². The second-order valence-electron chi connectivity index (χ2n) is 6.82. The van der Waals surface area contributed by atoms with Crippen LogP contribution in [0.2, 0.25) is 0 Å². The molecule has 2 saturated heterocycles. The van der Waals surface area contributed by atoms with E-state index < -0.39 is 17.7 Å². The largest absolute Gasteiger partial charge is 0.468 e. The molecule has 2 rings (SSSR count). The molecular formula is C14H24N2O5. The monoisotopic (exact) mass is 300 g/mol. The van der Waals surface area contributed by atoms with E-state index in [1.807, 2.05) is 4.90 Å². The Morgan fingerprint density at radius 2 is 1.95 bits per heavy atom. The van der Waals surface area contributed by atoms with Crippen molar-refractivity contribution in [1.29, 1.82) is 0 Å². The Balaban J connectivity index is 1.83. The van der Waals surface area contributed by atoms with E-state index in [0.717, 1.165) is 26.3 Å². The lowest BCUT2D eigenvalue weighted by molar-refractivity contribution is -0.203. The maximum Gasteiger partial charge on any atom is 0.407 e. The van der Waals surface area contributed by atoms with Gasteiger partial charge in [0, 0.05) is 25.0 Å². The Morgan fingerprint density at radius 1 is 1.33 bits per heavy atom. The van der Waals surface area contributed by atoms with Crippen LogP contribution < -0.4 is 5.32 Å². The molecule has 7 nitrogen and oxygen atoms in total. The molecule has 1 amide bonds. The summed E-state index contributed by atoms with van der Waals surface area (Å²) in [5, 5.41) is 2.63. The zero-order chi connectivity index (χ0) is 15.7. The third-order valence-electron chi connectivity index (χ3n) is 3.65. The minimum atomic E-state index is -0.561. The molecule has 21 heavy (non-hydrogen) atoms. The fraction of sp³-hybridized carbons (Fsp3) is 0.857. The Bertz CT molecular complexity index is 406. The first-order valence-corrected chi connectivity index (χ1v) is 7.11. The van der Waals surface area contributed by atoms with Gasteiger partial charge in [-0.15, -0.1) is 0 Å². The van der Waals surface area contributed by atoms with Crippen LogP contribution in [0.15, 0.2) is 0 Å². The average molecular weight is 300 g/mol. The van der Waals surface area contributed by atoms with Crippen LogP contribution in [0.1, 0.15) is 20.8 Å². The lowest BCUT2D eigenvalue weighted by Gasteiger charge is -2.56. The van der Waals surface area contributed by atoms with Crippen molar-refractivity contribution in [3.8, 4) is 0 Å². The number of carbonyl (C=O) groups excluding carboxylic acids is 2. The van der Waals surface area contributed by atoms with Gasteiger partial charge in [0.2, 0.25) is 0 Å². The molecule has 1 atom stereocenters. The van der Waals surface area contributed by atoms with E-state index in [0.29, 0.717) is 0 Å². The van der Waals surface area contributed by atoms with Gasteiger partial charge in [-0.25, -0.2) is 4.79 Å². The van der Waals surface area contributed by atoms with E-state index in [2.05, 4.69) is 5.32 Å². The Labute approximate surface area is 124 Å². The van der Waals surface area contributed by atoms with Crippen molar-refractivity contribution in [2.24, 2.45) is 5.41 Å². The van der Waals surface area contributed by atoms with Gasteiger partial charge in [-0.1, -0.05) is 0 Å². The summed E-state index contributed by atoms with van der Waals surface area (Å²) in [4.78, 5) is 25.6. The predicted octanol–water partition coefficient (Wildman–Crippen LogP) is 0.385. The van der Waals surface area contributed by atoms with Crippen molar-refractivity contribution in [2.75, 3.05) is 40.0 Å². The highest BCUT2D eigenvalue weighted by molar-refractivity contribution is 5.77. The molecule has 1 spiro atoms. The summed E-state index contributed by atoms with van der Waals surface area (Å²) in [6.07, 6.45) is -0.529. The third kappa shape index (κ3) is 3.85. The van der Waals surface area contributed by atoms with Gasteiger partial charge in [-0.2, -0.15) is 0 Å². The second kappa shape index (κ2) is 5.81. The molecule has 0 aromatic carbocycles.